The fourth-order valence-electron chi connectivity index (χ4n) is 1.88. The molecule has 0 saturated heterocycles. The number of rotatable bonds is 1. The zero-order valence-corrected chi connectivity index (χ0v) is 10.5. The third kappa shape index (κ3) is 4.00. The molecule has 0 nitrogen and oxygen atoms in total. The average Bonchev–Trinajstić information content (AvgIpc) is 3.06. The standard InChI is InChI=1S/C10H11.C5H5.Fe/c1-2-6-9(5-1)10-7-3-4-8-10;1-2-4-5-3-1;/h1,5,7H,2-4,8H2;1-3H,4H2;/q2*-1;+2. The van der Waals surface area contributed by atoms with Crippen LogP contribution in [0.3, 0.4) is 0 Å². The molecule has 0 fully saturated rings. The molecule has 0 aromatic rings. The molecular weight excluding hydrogens is 236 g/mol. The van der Waals surface area contributed by atoms with Crippen molar-refractivity contribution in [3.05, 3.63) is 59.8 Å². The van der Waals surface area contributed by atoms with Crippen LogP contribution in [0.5, 0.6) is 0 Å². The zero-order chi connectivity index (χ0) is 10.3. The largest absolute Gasteiger partial charge is 2.00 e. The van der Waals surface area contributed by atoms with E-state index < -0.39 is 0 Å². The fourth-order valence-corrected chi connectivity index (χ4v) is 1.88. The molecule has 84 valence electrons. The van der Waals surface area contributed by atoms with Gasteiger partial charge in [0.1, 0.15) is 0 Å². The van der Waals surface area contributed by atoms with Gasteiger partial charge in [0.25, 0.3) is 0 Å². The monoisotopic (exact) mass is 252 g/mol. The molecule has 0 spiro atoms. The number of hydrogen-bond donors (Lipinski definition) is 0. The molecule has 16 heavy (non-hydrogen) atoms. The molecule has 1 heteroatoms. The van der Waals surface area contributed by atoms with E-state index in [2.05, 4.69) is 36.5 Å². The molecule has 0 N–H and O–H groups in total. The van der Waals surface area contributed by atoms with Gasteiger partial charge in [-0.2, -0.15) is 29.4 Å². The molecule has 0 heterocycles. The van der Waals surface area contributed by atoms with Crippen molar-refractivity contribution in [2.45, 2.75) is 32.1 Å². The predicted octanol–water partition coefficient (Wildman–Crippen LogP) is 4.09. The third-order valence-corrected chi connectivity index (χ3v) is 2.67. The van der Waals surface area contributed by atoms with Gasteiger partial charge in [-0.3, -0.25) is 6.08 Å². The van der Waals surface area contributed by atoms with Gasteiger partial charge in [-0.1, -0.05) is 19.3 Å². The summed E-state index contributed by atoms with van der Waals surface area (Å²) in [7, 11) is 0. The minimum atomic E-state index is 0. The van der Waals surface area contributed by atoms with E-state index in [4.69, 9.17) is 0 Å². The van der Waals surface area contributed by atoms with E-state index in [1.54, 1.807) is 0 Å². The molecule has 0 aromatic heterocycles. The summed E-state index contributed by atoms with van der Waals surface area (Å²) in [6, 6.07) is 0. The van der Waals surface area contributed by atoms with E-state index in [0.29, 0.717) is 0 Å². The fraction of sp³-hybridized carbons (Fsp3) is 0.333. The maximum Gasteiger partial charge on any atom is 2.00 e. The first-order valence-electron chi connectivity index (χ1n) is 5.65. The molecule has 0 bridgehead atoms. The van der Waals surface area contributed by atoms with Gasteiger partial charge in [0.05, 0.1) is 0 Å². The van der Waals surface area contributed by atoms with Gasteiger partial charge in [-0.25, -0.2) is 12.2 Å². The molecule has 0 aromatic carbocycles. The third-order valence-electron chi connectivity index (χ3n) is 2.67. The Labute approximate surface area is 109 Å². The van der Waals surface area contributed by atoms with Crippen molar-refractivity contribution in [3.8, 4) is 0 Å². The second-order valence-corrected chi connectivity index (χ2v) is 3.82. The van der Waals surface area contributed by atoms with Gasteiger partial charge in [0.2, 0.25) is 0 Å². The van der Waals surface area contributed by atoms with E-state index in [-0.39, 0.29) is 17.1 Å². The smallest absolute Gasteiger partial charge is 0.273 e. The van der Waals surface area contributed by atoms with Crippen LogP contribution in [0.2, 0.25) is 0 Å². The van der Waals surface area contributed by atoms with Crippen LogP contribution in [0.15, 0.2) is 47.6 Å². The molecular formula is C15H16Fe. The van der Waals surface area contributed by atoms with Gasteiger partial charge in [-0.15, -0.1) is 18.6 Å². The van der Waals surface area contributed by atoms with E-state index in [0.717, 1.165) is 12.8 Å². The molecule has 0 aliphatic heterocycles. The molecule has 0 saturated carbocycles. The Kier molecular flexibility index (Phi) is 6.22. The van der Waals surface area contributed by atoms with E-state index in [1.807, 2.05) is 12.2 Å². The van der Waals surface area contributed by atoms with Gasteiger partial charge in [0.15, 0.2) is 0 Å². The molecule has 0 unspecified atom stereocenters. The van der Waals surface area contributed by atoms with Crippen molar-refractivity contribution in [3.63, 3.8) is 0 Å². The predicted molar refractivity (Wildman–Crippen MR) is 64.0 cm³/mol. The number of hydrogen-bond acceptors (Lipinski definition) is 0. The minimum Gasteiger partial charge on any atom is -0.273 e. The molecule has 3 aliphatic carbocycles. The van der Waals surface area contributed by atoms with Gasteiger partial charge in [0, 0.05) is 0 Å². The van der Waals surface area contributed by atoms with Crippen molar-refractivity contribution in [2.24, 2.45) is 0 Å². The van der Waals surface area contributed by atoms with Crippen LogP contribution >= 0.6 is 0 Å². The maximum absolute atomic E-state index is 3.34. The van der Waals surface area contributed by atoms with E-state index in [1.165, 1.54) is 30.4 Å². The summed E-state index contributed by atoms with van der Waals surface area (Å²) in [4.78, 5) is 0. The van der Waals surface area contributed by atoms with Crippen LogP contribution in [0.25, 0.3) is 0 Å². The first kappa shape index (κ1) is 13.3. The summed E-state index contributed by atoms with van der Waals surface area (Å²) in [5, 5.41) is 0. The number of allylic oxidation sites excluding steroid dienone is 10. The van der Waals surface area contributed by atoms with E-state index >= 15 is 0 Å². The summed E-state index contributed by atoms with van der Waals surface area (Å²) >= 11 is 0. The van der Waals surface area contributed by atoms with Crippen molar-refractivity contribution in [1.82, 2.24) is 0 Å². The summed E-state index contributed by atoms with van der Waals surface area (Å²) in [6.45, 7) is 0. The normalized spacial score (nSPS) is 20.0. The first-order chi connectivity index (χ1) is 7.47. The Morgan fingerprint density at radius 2 is 2.06 bits per heavy atom. The second-order valence-electron chi connectivity index (χ2n) is 3.82. The minimum absolute atomic E-state index is 0. The van der Waals surface area contributed by atoms with Crippen LogP contribution in [0, 0.1) is 12.2 Å². The van der Waals surface area contributed by atoms with Crippen molar-refractivity contribution in [1.29, 1.82) is 0 Å². The summed E-state index contributed by atoms with van der Waals surface area (Å²) in [5.74, 6) is 0. The Morgan fingerprint density at radius 3 is 2.50 bits per heavy atom. The Balaban J connectivity index is 0.000000183. The summed E-state index contributed by atoms with van der Waals surface area (Å²) in [6.07, 6.45) is 25.0. The van der Waals surface area contributed by atoms with Crippen LogP contribution in [-0.4, -0.2) is 0 Å². The average molecular weight is 252 g/mol. The van der Waals surface area contributed by atoms with E-state index in [9.17, 15) is 0 Å². The van der Waals surface area contributed by atoms with Gasteiger partial charge >= 0.3 is 17.1 Å². The van der Waals surface area contributed by atoms with Crippen molar-refractivity contribution < 1.29 is 17.1 Å². The van der Waals surface area contributed by atoms with Crippen LogP contribution in [0.4, 0.5) is 0 Å². The van der Waals surface area contributed by atoms with Crippen LogP contribution < -0.4 is 0 Å². The Morgan fingerprint density at radius 1 is 1.12 bits per heavy atom. The van der Waals surface area contributed by atoms with Crippen LogP contribution in [-0.2, 0) is 17.1 Å². The summed E-state index contributed by atoms with van der Waals surface area (Å²) in [5.41, 5.74) is 2.88. The molecule has 0 amide bonds. The molecule has 3 rings (SSSR count). The molecule has 0 radical (unpaired) electrons. The summed E-state index contributed by atoms with van der Waals surface area (Å²) < 4.78 is 0. The SMILES string of the molecule is [C-]1=C(C2=CCCC2)C=CC1.[C-]1=CC=CC1.[Fe+2]. The van der Waals surface area contributed by atoms with Crippen molar-refractivity contribution >= 4 is 0 Å². The van der Waals surface area contributed by atoms with Gasteiger partial charge < -0.3 is 0 Å². The first-order valence-corrected chi connectivity index (χ1v) is 5.65. The van der Waals surface area contributed by atoms with Gasteiger partial charge in [-0.05, 0) is 6.42 Å². The molecule has 3 aliphatic rings. The topological polar surface area (TPSA) is 0 Å². The zero-order valence-electron chi connectivity index (χ0n) is 9.35. The Hall–Kier alpha value is -0.781. The van der Waals surface area contributed by atoms with Crippen molar-refractivity contribution in [2.75, 3.05) is 0 Å². The quantitative estimate of drug-likeness (QED) is 0.487. The second kappa shape index (κ2) is 7.49. The Bertz CT molecular complexity index is 344. The maximum atomic E-state index is 3.34. The van der Waals surface area contributed by atoms with Crippen LogP contribution in [0.1, 0.15) is 32.1 Å². The molecule has 0 atom stereocenters.